The number of hydrogen-bond acceptors (Lipinski definition) is 5. The van der Waals surface area contributed by atoms with Gasteiger partial charge in [0.05, 0.1) is 12.1 Å². The molecule has 1 saturated heterocycles. The van der Waals surface area contributed by atoms with Crippen molar-refractivity contribution < 1.29 is 19.5 Å². The van der Waals surface area contributed by atoms with E-state index in [-0.39, 0.29) is 41.9 Å². The molecule has 0 spiro atoms. The number of carbonyl (C=O) groups is 3. The van der Waals surface area contributed by atoms with Gasteiger partial charge in [0.25, 0.3) is 0 Å². The molecule has 134 valence electrons. The Labute approximate surface area is 141 Å². The van der Waals surface area contributed by atoms with Crippen molar-refractivity contribution in [2.24, 2.45) is 5.73 Å². The first-order valence-corrected chi connectivity index (χ1v) is 8.25. The van der Waals surface area contributed by atoms with Crippen LogP contribution in [0.3, 0.4) is 0 Å². The average Bonchev–Trinajstić information content (AvgIpc) is 2.48. The number of rotatable bonds is 4. The van der Waals surface area contributed by atoms with Gasteiger partial charge in [-0.05, 0) is 25.8 Å². The molecule has 2 amide bonds. The second-order valence-corrected chi connectivity index (χ2v) is 6.62. The number of carboxylic acid groups (broad SMARTS) is 1. The van der Waals surface area contributed by atoms with Gasteiger partial charge in [0, 0.05) is 38.0 Å². The molecular weight excluding hydrogens is 312 g/mol. The fourth-order valence-electron chi connectivity index (χ4n) is 3.61. The van der Waals surface area contributed by atoms with E-state index in [1.807, 2.05) is 0 Å². The second kappa shape index (κ2) is 7.76. The molecule has 1 aliphatic heterocycles. The maximum atomic E-state index is 11.5. The molecule has 5 N–H and O–H groups in total. The topological polar surface area (TPSA) is 125 Å². The maximum absolute atomic E-state index is 11.5. The molecule has 1 aliphatic carbocycles. The summed E-state index contributed by atoms with van der Waals surface area (Å²) >= 11 is 0. The van der Waals surface area contributed by atoms with Gasteiger partial charge in [-0.3, -0.25) is 14.5 Å². The Morgan fingerprint density at radius 1 is 1.25 bits per heavy atom. The standard InChI is InChI=1S/C16H26N4O4/c1-9(21)18-12-4-3-5-20(8-12)14-7-11(16(23)24)6-13(17)15(14)19-10(2)22/h7,12-15H,3-6,8,17H2,1-2H3,(H,18,21)(H,19,22)(H,23,24)/t12-,13-,14+,15+/m0/s1. The molecule has 4 atom stereocenters. The summed E-state index contributed by atoms with van der Waals surface area (Å²) in [7, 11) is 0. The number of aliphatic carboxylic acids is 1. The van der Waals surface area contributed by atoms with Crippen molar-refractivity contribution in [2.75, 3.05) is 13.1 Å². The van der Waals surface area contributed by atoms with Gasteiger partial charge in [-0.15, -0.1) is 0 Å². The maximum Gasteiger partial charge on any atom is 0.331 e. The Balaban J connectivity index is 2.22. The second-order valence-electron chi connectivity index (χ2n) is 6.62. The van der Waals surface area contributed by atoms with E-state index in [4.69, 9.17) is 5.73 Å². The molecule has 0 aromatic heterocycles. The minimum Gasteiger partial charge on any atom is -0.478 e. The van der Waals surface area contributed by atoms with Crippen LogP contribution in [0.5, 0.6) is 0 Å². The van der Waals surface area contributed by atoms with Crippen molar-refractivity contribution in [1.82, 2.24) is 15.5 Å². The molecule has 0 unspecified atom stereocenters. The quantitative estimate of drug-likeness (QED) is 0.532. The summed E-state index contributed by atoms with van der Waals surface area (Å²) in [5.74, 6) is -1.25. The summed E-state index contributed by atoms with van der Waals surface area (Å²) in [6.07, 6.45) is 3.69. The van der Waals surface area contributed by atoms with Gasteiger partial charge >= 0.3 is 5.97 Å². The lowest BCUT2D eigenvalue weighted by molar-refractivity contribution is -0.133. The Hall–Kier alpha value is -1.93. The summed E-state index contributed by atoms with van der Waals surface area (Å²) in [6.45, 7) is 4.29. The van der Waals surface area contributed by atoms with E-state index in [0.29, 0.717) is 6.54 Å². The average molecular weight is 338 g/mol. The van der Waals surface area contributed by atoms with Gasteiger partial charge in [-0.2, -0.15) is 0 Å². The summed E-state index contributed by atoms with van der Waals surface area (Å²) in [6, 6.07) is -1.08. The first kappa shape index (κ1) is 18.4. The molecule has 0 saturated carbocycles. The Bertz CT molecular complexity index is 548. The van der Waals surface area contributed by atoms with Crippen molar-refractivity contribution in [3.63, 3.8) is 0 Å². The molecule has 0 radical (unpaired) electrons. The molecule has 2 rings (SSSR count). The van der Waals surface area contributed by atoms with Crippen LogP contribution >= 0.6 is 0 Å². The molecule has 0 aromatic rings. The normalized spacial score (nSPS) is 31.0. The van der Waals surface area contributed by atoms with Crippen molar-refractivity contribution >= 4 is 17.8 Å². The van der Waals surface area contributed by atoms with Gasteiger partial charge in [-0.1, -0.05) is 6.08 Å². The largest absolute Gasteiger partial charge is 0.478 e. The fourth-order valence-corrected chi connectivity index (χ4v) is 3.61. The zero-order valence-corrected chi connectivity index (χ0v) is 14.1. The van der Waals surface area contributed by atoms with Gasteiger partial charge in [-0.25, -0.2) is 4.79 Å². The number of hydrogen-bond donors (Lipinski definition) is 4. The molecule has 0 aromatic carbocycles. The van der Waals surface area contributed by atoms with Gasteiger partial charge in [0.2, 0.25) is 11.8 Å². The number of carboxylic acids is 1. The predicted molar refractivity (Wildman–Crippen MR) is 88.1 cm³/mol. The monoisotopic (exact) mass is 338 g/mol. The Morgan fingerprint density at radius 3 is 2.50 bits per heavy atom. The Kier molecular flexibility index (Phi) is 5.95. The molecule has 0 bridgehead atoms. The fraction of sp³-hybridized carbons (Fsp3) is 0.688. The summed E-state index contributed by atoms with van der Waals surface area (Å²) in [4.78, 5) is 36.3. The van der Waals surface area contributed by atoms with E-state index in [1.165, 1.54) is 13.8 Å². The van der Waals surface area contributed by atoms with Crippen LogP contribution in [-0.2, 0) is 14.4 Å². The van der Waals surface area contributed by atoms with Crippen LogP contribution in [0.4, 0.5) is 0 Å². The molecule has 24 heavy (non-hydrogen) atoms. The van der Waals surface area contributed by atoms with Gasteiger partial charge < -0.3 is 21.5 Å². The molecule has 1 heterocycles. The number of likely N-dealkylation sites (tertiary alicyclic amines) is 1. The lowest BCUT2D eigenvalue weighted by Gasteiger charge is -2.44. The van der Waals surface area contributed by atoms with Crippen molar-refractivity contribution in [3.05, 3.63) is 11.6 Å². The molecule has 8 heteroatoms. The molecule has 8 nitrogen and oxygen atoms in total. The molecular formula is C16H26N4O4. The van der Waals surface area contributed by atoms with Crippen molar-refractivity contribution in [2.45, 2.75) is 57.3 Å². The lowest BCUT2D eigenvalue weighted by Crippen LogP contribution is -2.63. The third-order valence-electron chi connectivity index (χ3n) is 4.58. The van der Waals surface area contributed by atoms with Crippen LogP contribution in [0.15, 0.2) is 11.6 Å². The van der Waals surface area contributed by atoms with Crippen LogP contribution in [0.2, 0.25) is 0 Å². The number of nitrogens with two attached hydrogens (primary N) is 1. The highest BCUT2D eigenvalue weighted by molar-refractivity contribution is 5.87. The number of amides is 2. The van der Waals surface area contributed by atoms with E-state index in [2.05, 4.69) is 15.5 Å². The van der Waals surface area contributed by atoms with E-state index in [0.717, 1.165) is 19.4 Å². The lowest BCUT2D eigenvalue weighted by atomic mass is 9.85. The minimum absolute atomic E-state index is 0.0223. The number of nitrogens with zero attached hydrogens (tertiary/aromatic N) is 1. The SMILES string of the molecule is CC(=O)N[C@H]1CCCN([C@@H]2C=C(C(=O)O)C[C@H](N)[C@H]2NC(C)=O)C1. The summed E-state index contributed by atoms with van der Waals surface area (Å²) in [5.41, 5.74) is 6.43. The first-order valence-electron chi connectivity index (χ1n) is 8.25. The minimum atomic E-state index is -0.979. The molecule has 1 fully saturated rings. The highest BCUT2D eigenvalue weighted by Gasteiger charge is 2.38. The van der Waals surface area contributed by atoms with Crippen molar-refractivity contribution in [3.8, 4) is 0 Å². The van der Waals surface area contributed by atoms with Gasteiger partial charge in [0.1, 0.15) is 0 Å². The summed E-state index contributed by atoms with van der Waals surface area (Å²) < 4.78 is 0. The van der Waals surface area contributed by atoms with E-state index >= 15 is 0 Å². The van der Waals surface area contributed by atoms with E-state index < -0.39 is 12.0 Å². The molecule has 2 aliphatic rings. The number of nitrogens with one attached hydrogen (secondary N) is 2. The third-order valence-corrected chi connectivity index (χ3v) is 4.58. The summed E-state index contributed by atoms with van der Waals surface area (Å²) in [5, 5.41) is 15.1. The number of carbonyl (C=O) groups excluding carboxylic acids is 2. The van der Waals surface area contributed by atoms with Crippen LogP contribution in [0.25, 0.3) is 0 Å². The van der Waals surface area contributed by atoms with Crippen LogP contribution in [0, 0.1) is 0 Å². The zero-order chi connectivity index (χ0) is 17.9. The highest BCUT2D eigenvalue weighted by Crippen LogP contribution is 2.25. The first-order chi connectivity index (χ1) is 11.3. The van der Waals surface area contributed by atoms with E-state index in [9.17, 15) is 19.5 Å². The van der Waals surface area contributed by atoms with E-state index in [1.54, 1.807) is 6.08 Å². The van der Waals surface area contributed by atoms with Crippen molar-refractivity contribution in [1.29, 1.82) is 0 Å². The number of piperidine rings is 1. The third kappa shape index (κ3) is 4.55. The highest BCUT2D eigenvalue weighted by atomic mass is 16.4. The van der Waals surface area contributed by atoms with Crippen LogP contribution < -0.4 is 16.4 Å². The predicted octanol–water partition coefficient (Wildman–Crippen LogP) is -0.798. The van der Waals surface area contributed by atoms with Gasteiger partial charge in [0.15, 0.2) is 0 Å². The Morgan fingerprint density at radius 2 is 1.92 bits per heavy atom. The smallest absolute Gasteiger partial charge is 0.331 e. The van der Waals surface area contributed by atoms with Crippen LogP contribution in [0.1, 0.15) is 33.1 Å². The van der Waals surface area contributed by atoms with Crippen LogP contribution in [-0.4, -0.2) is 65.0 Å². The zero-order valence-electron chi connectivity index (χ0n) is 14.1.